The monoisotopic (exact) mass is 297 g/mol. The highest BCUT2D eigenvalue weighted by molar-refractivity contribution is 6.01. The number of nitro groups is 1. The molecule has 0 saturated heterocycles. The van der Waals surface area contributed by atoms with Gasteiger partial charge in [-0.15, -0.1) is 0 Å². The van der Waals surface area contributed by atoms with Crippen molar-refractivity contribution in [2.75, 3.05) is 7.11 Å². The van der Waals surface area contributed by atoms with Crippen LogP contribution in [-0.4, -0.2) is 17.7 Å². The van der Waals surface area contributed by atoms with Gasteiger partial charge < -0.3 is 10.2 Å². The fourth-order valence-corrected chi connectivity index (χ4v) is 2.43. The van der Waals surface area contributed by atoms with E-state index in [0.717, 1.165) is 29.0 Å². The Bertz CT molecular complexity index is 708. The Labute approximate surface area is 127 Å². The molecule has 1 unspecified atom stereocenters. The largest absolute Gasteiger partial charge is 0.497 e. The highest BCUT2D eigenvalue weighted by atomic mass is 16.6. The van der Waals surface area contributed by atoms with Crippen molar-refractivity contribution in [3.63, 3.8) is 0 Å². The molecule has 1 N–H and O–H groups in total. The number of non-ortho nitro benzene ring substituents is 1. The fourth-order valence-electron chi connectivity index (χ4n) is 2.43. The summed E-state index contributed by atoms with van der Waals surface area (Å²) in [5.41, 5.74) is 6.12. The van der Waals surface area contributed by atoms with Crippen LogP contribution >= 0.6 is 0 Å². The molecule has 1 aliphatic rings. The molecule has 0 radical (unpaired) electrons. The Morgan fingerprint density at radius 2 is 1.86 bits per heavy atom. The molecule has 1 atom stereocenters. The Morgan fingerprint density at radius 1 is 1.18 bits per heavy atom. The number of hydrogen-bond acceptors (Lipinski definition) is 5. The van der Waals surface area contributed by atoms with E-state index in [4.69, 9.17) is 4.74 Å². The molecule has 0 fully saturated rings. The minimum Gasteiger partial charge on any atom is -0.497 e. The third-order valence-electron chi connectivity index (χ3n) is 3.68. The summed E-state index contributed by atoms with van der Waals surface area (Å²) in [6.45, 7) is 0. The molecule has 0 saturated carbocycles. The number of benzene rings is 2. The molecule has 2 aromatic carbocycles. The normalized spacial score (nSPS) is 16.8. The molecule has 22 heavy (non-hydrogen) atoms. The average molecular weight is 297 g/mol. The van der Waals surface area contributed by atoms with Crippen LogP contribution in [0.2, 0.25) is 0 Å². The van der Waals surface area contributed by atoms with Crippen LogP contribution in [0.3, 0.4) is 0 Å². The molecule has 6 heteroatoms. The van der Waals surface area contributed by atoms with Crippen molar-refractivity contribution in [2.45, 2.75) is 12.5 Å². The first-order chi connectivity index (χ1) is 10.7. The van der Waals surface area contributed by atoms with Gasteiger partial charge in [0.25, 0.3) is 5.69 Å². The SMILES string of the molecule is COc1ccc(C2CC(c3ccc([N+](=O)[O-])cc3)=NN2)cc1. The Morgan fingerprint density at radius 3 is 2.45 bits per heavy atom. The highest BCUT2D eigenvalue weighted by Crippen LogP contribution is 2.26. The topological polar surface area (TPSA) is 76.8 Å². The summed E-state index contributed by atoms with van der Waals surface area (Å²) in [5.74, 6) is 0.818. The summed E-state index contributed by atoms with van der Waals surface area (Å²) >= 11 is 0. The second kappa shape index (κ2) is 5.85. The van der Waals surface area contributed by atoms with Crippen LogP contribution in [-0.2, 0) is 0 Å². The molecule has 0 aromatic heterocycles. The van der Waals surface area contributed by atoms with E-state index in [1.807, 2.05) is 24.3 Å². The van der Waals surface area contributed by atoms with E-state index < -0.39 is 4.92 Å². The average Bonchev–Trinajstić information content (AvgIpc) is 3.05. The van der Waals surface area contributed by atoms with Gasteiger partial charge >= 0.3 is 0 Å². The van der Waals surface area contributed by atoms with Crippen LogP contribution in [0.15, 0.2) is 53.6 Å². The first kappa shape index (κ1) is 14.1. The van der Waals surface area contributed by atoms with Crippen molar-refractivity contribution in [2.24, 2.45) is 5.10 Å². The molecule has 6 nitrogen and oxygen atoms in total. The van der Waals surface area contributed by atoms with Crippen LogP contribution < -0.4 is 10.2 Å². The molecule has 0 aliphatic carbocycles. The van der Waals surface area contributed by atoms with Gasteiger partial charge in [-0.3, -0.25) is 10.1 Å². The van der Waals surface area contributed by atoms with Crippen molar-refractivity contribution in [1.29, 1.82) is 0 Å². The number of hydrogen-bond donors (Lipinski definition) is 1. The van der Waals surface area contributed by atoms with Crippen LogP contribution in [0.4, 0.5) is 5.69 Å². The van der Waals surface area contributed by atoms with Gasteiger partial charge in [0.2, 0.25) is 0 Å². The summed E-state index contributed by atoms with van der Waals surface area (Å²) in [5, 5.41) is 15.0. The van der Waals surface area contributed by atoms with Crippen LogP contribution in [0.25, 0.3) is 0 Å². The van der Waals surface area contributed by atoms with Gasteiger partial charge in [-0.05, 0) is 35.4 Å². The van der Waals surface area contributed by atoms with Crippen molar-refractivity contribution < 1.29 is 9.66 Å². The summed E-state index contributed by atoms with van der Waals surface area (Å²) in [6, 6.07) is 14.4. The lowest BCUT2D eigenvalue weighted by molar-refractivity contribution is -0.384. The van der Waals surface area contributed by atoms with Crippen molar-refractivity contribution in [3.05, 3.63) is 69.8 Å². The predicted octanol–water partition coefficient (Wildman–Crippen LogP) is 3.04. The van der Waals surface area contributed by atoms with E-state index in [0.29, 0.717) is 0 Å². The molecule has 1 aliphatic heterocycles. The lowest BCUT2D eigenvalue weighted by Gasteiger charge is -2.10. The molecule has 0 amide bonds. The first-order valence-corrected chi connectivity index (χ1v) is 6.88. The Balaban J connectivity index is 1.71. The third-order valence-corrected chi connectivity index (χ3v) is 3.68. The minimum atomic E-state index is -0.404. The summed E-state index contributed by atoms with van der Waals surface area (Å²) < 4.78 is 5.15. The summed E-state index contributed by atoms with van der Waals surface area (Å²) in [6.07, 6.45) is 0.740. The van der Waals surface area contributed by atoms with E-state index in [2.05, 4.69) is 10.5 Å². The zero-order valence-corrected chi connectivity index (χ0v) is 12.0. The molecule has 0 bridgehead atoms. The van der Waals surface area contributed by atoms with Crippen LogP contribution in [0, 0.1) is 10.1 Å². The van der Waals surface area contributed by atoms with E-state index >= 15 is 0 Å². The number of rotatable bonds is 4. The molecular formula is C16H15N3O3. The molecule has 1 heterocycles. The second-order valence-corrected chi connectivity index (χ2v) is 5.02. The van der Waals surface area contributed by atoms with Gasteiger partial charge in [-0.25, -0.2) is 0 Å². The standard InChI is InChI=1S/C16H15N3O3/c1-22-14-8-4-12(5-9-14)16-10-15(17-18-16)11-2-6-13(7-3-11)19(20)21/h2-9,16,18H,10H2,1H3. The first-order valence-electron chi connectivity index (χ1n) is 6.88. The number of hydrazone groups is 1. The number of nitro benzene ring substituents is 1. The van der Waals surface area contributed by atoms with Crippen molar-refractivity contribution in [3.8, 4) is 5.75 Å². The Kier molecular flexibility index (Phi) is 3.74. The maximum Gasteiger partial charge on any atom is 0.269 e. The van der Waals surface area contributed by atoms with Gasteiger partial charge in [0.05, 0.1) is 23.8 Å². The maximum absolute atomic E-state index is 10.7. The predicted molar refractivity (Wildman–Crippen MR) is 83.1 cm³/mol. The van der Waals surface area contributed by atoms with Crippen molar-refractivity contribution >= 4 is 11.4 Å². The van der Waals surface area contributed by atoms with Crippen LogP contribution in [0.5, 0.6) is 5.75 Å². The molecule has 2 aromatic rings. The molecular weight excluding hydrogens is 282 g/mol. The molecule has 112 valence electrons. The third kappa shape index (κ3) is 2.76. The van der Waals surface area contributed by atoms with Crippen LogP contribution in [0.1, 0.15) is 23.6 Å². The van der Waals surface area contributed by atoms with Gasteiger partial charge in [0, 0.05) is 18.6 Å². The van der Waals surface area contributed by atoms with Crippen molar-refractivity contribution in [1.82, 2.24) is 5.43 Å². The zero-order valence-electron chi connectivity index (χ0n) is 12.0. The number of nitrogens with one attached hydrogen (secondary N) is 1. The van der Waals surface area contributed by atoms with Gasteiger partial charge in [0.1, 0.15) is 5.75 Å². The minimum absolute atomic E-state index is 0.0852. The summed E-state index contributed by atoms with van der Waals surface area (Å²) in [7, 11) is 1.64. The van der Waals surface area contributed by atoms with Gasteiger partial charge in [-0.1, -0.05) is 12.1 Å². The van der Waals surface area contributed by atoms with E-state index in [9.17, 15) is 10.1 Å². The zero-order chi connectivity index (χ0) is 15.5. The summed E-state index contributed by atoms with van der Waals surface area (Å²) in [4.78, 5) is 10.3. The number of nitrogens with zero attached hydrogens (tertiary/aromatic N) is 2. The Hall–Kier alpha value is -2.89. The highest BCUT2D eigenvalue weighted by Gasteiger charge is 2.21. The molecule has 3 rings (SSSR count). The number of methoxy groups -OCH3 is 1. The van der Waals surface area contributed by atoms with Gasteiger partial charge in [-0.2, -0.15) is 5.10 Å². The lowest BCUT2D eigenvalue weighted by atomic mass is 9.99. The smallest absolute Gasteiger partial charge is 0.269 e. The number of ether oxygens (including phenoxy) is 1. The van der Waals surface area contributed by atoms with E-state index in [1.54, 1.807) is 19.2 Å². The fraction of sp³-hybridized carbons (Fsp3) is 0.188. The quantitative estimate of drug-likeness (QED) is 0.695. The van der Waals surface area contributed by atoms with E-state index in [1.165, 1.54) is 12.1 Å². The maximum atomic E-state index is 10.7. The molecule has 0 spiro atoms. The van der Waals surface area contributed by atoms with Gasteiger partial charge in [0.15, 0.2) is 0 Å². The second-order valence-electron chi connectivity index (χ2n) is 5.02. The van der Waals surface area contributed by atoms with E-state index in [-0.39, 0.29) is 11.7 Å². The lowest BCUT2D eigenvalue weighted by Crippen LogP contribution is -2.09.